The Labute approximate surface area is 135 Å². The van der Waals surface area contributed by atoms with Crippen LogP contribution in [-0.4, -0.2) is 36.1 Å². The van der Waals surface area contributed by atoms with Gasteiger partial charge >= 0.3 is 0 Å². The van der Waals surface area contributed by atoms with Crippen LogP contribution in [0.5, 0.6) is 0 Å². The summed E-state index contributed by atoms with van der Waals surface area (Å²) in [7, 11) is 0. The average Bonchev–Trinajstić information content (AvgIpc) is 2.50. The maximum Gasteiger partial charge on any atom is 0.242 e. The molecule has 6 nitrogen and oxygen atoms in total. The molecular formula is C15H21N3O3S. The molecule has 1 aromatic carbocycles. The van der Waals surface area contributed by atoms with E-state index in [0.29, 0.717) is 12.2 Å². The Kier molecular flexibility index (Phi) is 7.45. The van der Waals surface area contributed by atoms with Gasteiger partial charge in [-0.3, -0.25) is 14.4 Å². The number of nitrogens with two attached hydrogens (primary N) is 1. The van der Waals surface area contributed by atoms with Gasteiger partial charge in [0.25, 0.3) is 0 Å². The van der Waals surface area contributed by atoms with Crippen LogP contribution in [0, 0.1) is 5.92 Å². The monoisotopic (exact) mass is 323 g/mol. The molecule has 4 N–H and O–H groups in total. The first-order chi connectivity index (χ1) is 10.4. The third-order valence-electron chi connectivity index (χ3n) is 3.11. The predicted molar refractivity (Wildman–Crippen MR) is 87.3 cm³/mol. The van der Waals surface area contributed by atoms with Gasteiger partial charge in [-0.05, 0) is 18.9 Å². The van der Waals surface area contributed by atoms with Gasteiger partial charge in [0.05, 0.1) is 12.5 Å². The van der Waals surface area contributed by atoms with E-state index in [4.69, 9.17) is 5.73 Å². The molecule has 0 aliphatic carbocycles. The summed E-state index contributed by atoms with van der Waals surface area (Å²) in [4.78, 5) is 34.5. The Morgan fingerprint density at radius 2 is 1.82 bits per heavy atom. The molecule has 0 heterocycles. The highest BCUT2D eigenvalue weighted by Crippen LogP contribution is 2.11. The number of thiol groups is 1. The highest BCUT2D eigenvalue weighted by Gasteiger charge is 2.22. The lowest BCUT2D eigenvalue weighted by Gasteiger charge is -2.18. The molecule has 0 fully saturated rings. The highest BCUT2D eigenvalue weighted by atomic mass is 32.1. The molecule has 0 spiro atoms. The Hall–Kier alpha value is -2.02. The number of primary amides is 1. The van der Waals surface area contributed by atoms with Crippen molar-refractivity contribution in [2.45, 2.75) is 19.4 Å². The van der Waals surface area contributed by atoms with E-state index in [9.17, 15) is 14.4 Å². The number of rotatable bonds is 8. The zero-order valence-corrected chi connectivity index (χ0v) is 13.3. The first-order valence-corrected chi connectivity index (χ1v) is 7.58. The van der Waals surface area contributed by atoms with Crippen LogP contribution in [-0.2, 0) is 20.8 Å². The molecule has 0 aliphatic heterocycles. The second-order valence-corrected chi connectivity index (χ2v) is 5.35. The molecule has 2 atom stereocenters. The van der Waals surface area contributed by atoms with Crippen LogP contribution in [0.15, 0.2) is 30.3 Å². The normalized spacial score (nSPS) is 13.0. The van der Waals surface area contributed by atoms with Gasteiger partial charge < -0.3 is 16.4 Å². The Morgan fingerprint density at radius 1 is 1.18 bits per heavy atom. The van der Waals surface area contributed by atoms with Gasteiger partial charge in [-0.25, -0.2) is 0 Å². The molecule has 0 saturated heterocycles. The van der Waals surface area contributed by atoms with Gasteiger partial charge in [0.15, 0.2) is 0 Å². The molecule has 1 rings (SSSR count). The van der Waals surface area contributed by atoms with Crippen molar-refractivity contribution in [1.82, 2.24) is 10.6 Å². The SMILES string of the molecule is C[C@H](NC(=O)[C@@H](CS)Cc1ccccc1)C(=O)NCC(N)=O. The van der Waals surface area contributed by atoms with E-state index in [1.165, 1.54) is 0 Å². The van der Waals surface area contributed by atoms with E-state index in [1.54, 1.807) is 6.92 Å². The number of carbonyl (C=O) groups is 3. The molecule has 0 aliphatic rings. The second kappa shape index (κ2) is 9.09. The van der Waals surface area contributed by atoms with E-state index in [2.05, 4.69) is 23.3 Å². The second-order valence-electron chi connectivity index (χ2n) is 4.98. The van der Waals surface area contributed by atoms with Crippen molar-refractivity contribution in [3.63, 3.8) is 0 Å². The van der Waals surface area contributed by atoms with Crippen molar-refractivity contribution >= 4 is 30.4 Å². The van der Waals surface area contributed by atoms with Crippen molar-refractivity contribution in [1.29, 1.82) is 0 Å². The van der Waals surface area contributed by atoms with Crippen LogP contribution in [0.1, 0.15) is 12.5 Å². The van der Waals surface area contributed by atoms with Crippen molar-refractivity contribution in [3.05, 3.63) is 35.9 Å². The summed E-state index contributed by atoms with van der Waals surface area (Å²) in [5.74, 6) is -1.30. The lowest BCUT2D eigenvalue weighted by atomic mass is 10.00. The third kappa shape index (κ3) is 6.17. The summed E-state index contributed by atoms with van der Waals surface area (Å²) >= 11 is 4.20. The van der Waals surface area contributed by atoms with Gasteiger partial charge in [0, 0.05) is 5.75 Å². The van der Waals surface area contributed by atoms with Gasteiger partial charge in [-0.1, -0.05) is 30.3 Å². The van der Waals surface area contributed by atoms with Gasteiger partial charge in [0.1, 0.15) is 6.04 Å². The average molecular weight is 323 g/mol. The number of carbonyl (C=O) groups excluding carboxylic acids is 3. The summed E-state index contributed by atoms with van der Waals surface area (Å²) in [6, 6.07) is 8.85. The smallest absolute Gasteiger partial charge is 0.242 e. The van der Waals surface area contributed by atoms with Gasteiger partial charge in [-0.2, -0.15) is 12.6 Å². The van der Waals surface area contributed by atoms with Gasteiger partial charge in [-0.15, -0.1) is 0 Å². The summed E-state index contributed by atoms with van der Waals surface area (Å²) in [5, 5.41) is 4.97. The number of amides is 3. The molecule has 120 valence electrons. The number of hydrogen-bond acceptors (Lipinski definition) is 4. The minimum Gasteiger partial charge on any atom is -0.368 e. The summed E-state index contributed by atoms with van der Waals surface area (Å²) < 4.78 is 0. The number of nitrogens with one attached hydrogen (secondary N) is 2. The molecule has 1 aromatic rings. The van der Waals surface area contributed by atoms with E-state index in [0.717, 1.165) is 5.56 Å². The number of benzene rings is 1. The van der Waals surface area contributed by atoms with E-state index < -0.39 is 17.9 Å². The molecule has 22 heavy (non-hydrogen) atoms. The Morgan fingerprint density at radius 3 is 2.36 bits per heavy atom. The summed E-state index contributed by atoms with van der Waals surface area (Å²) in [6.45, 7) is 1.30. The fourth-order valence-electron chi connectivity index (χ4n) is 1.86. The van der Waals surface area contributed by atoms with Crippen molar-refractivity contribution in [2.24, 2.45) is 11.7 Å². The van der Waals surface area contributed by atoms with Crippen molar-refractivity contribution < 1.29 is 14.4 Å². The minimum atomic E-state index is -0.745. The molecule has 0 bridgehead atoms. The highest BCUT2D eigenvalue weighted by molar-refractivity contribution is 7.80. The maximum absolute atomic E-state index is 12.2. The Bertz CT molecular complexity index is 522. The molecule has 0 unspecified atom stereocenters. The molecule has 7 heteroatoms. The van der Waals surface area contributed by atoms with Crippen LogP contribution in [0.2, 0.25) is 0 Å². The minimum absolute atomic E-state index is 0.249. The predicted octanol–water partition coefficient (Wildman–Crippen LogP) is -0.119. The first-order valence-electron chi connectivity index (χ1n) is 6.95. The zero-order chi connectivity index (χ0) is 16.5. The van der Waals surface area contributed by atoms with E-state index in [1.807, 2.05) is 30.3 Å². The summed E-state index contributed by atoms with van der Waals surface area (Å²) in [5.41, 5.74) is 5.98. The topological polar surface area (TPSA) is 101 Å². The van der Waals surface area contributed by atoms with Crippen molar-refractivity contribution in [3.8, 4) is 0 Å². The first kappa shape index (κ1) is 18.0. The molecule has 0 radical (unpaired) electrons. The lowest BCUT2D eigenvalue weighted by molar-refractivity contribution is -0.131. The van der Waals surface area contributed by atoms with E-state index >= 15 is 0 Å². The fraction of sp³-hybridized carbons (Fsp3) is 0.400. The van der Waals surface area contributed by atoms with Crippen LogP contribution in [0.4, 0.5) is 0 Å². The van der Waals surface area contributed by atoms with E-state index in [-0.39, 0.29) is 18.4 Å². The van der Waals surface area contributed by atoms with Crippen LogP contribution < -0.4 is 16.4 Å². The maximum atomic E-state index is 12.2. The number of hydrogen-bond donors (Lipinski definition) is 4. The van der Waals surface area contributed by atoms with Gasteiger partial charge in [0.2, 0.25) is 17.7 Å². The molecular weight excluding hydrogens is 302 g/mol. The molecule has 3 amide bonds. The molecule has 0 aromatic heterocycles. The van der Waals surface area contributed by atoms with Crippen LogP contribution >= 0.6 is 12.6 Å². The summed E-state index contributed by atoms with van der Waals surface area (Å²) in [6.07, 6.45) is 0.547. The fourth-order valence-corrected chi connectivity index (χ4v) is 2.16. The Balaban J connectivity index is 2.53. The van der Waals surface area contributed by atoms with Crippen LogP contribution in [0.3, 0.4) is 0 Å². The standard InChI is InChI=1S/C15H21N3O3S/c1-10(14(20)17-8-13(16)19)18-15(21)12(9-22)7-11-5-3-2-4-6-11/h2-6,10,12,22H,7-9H2,1H3,(H2,16,19)(H,17,20)(H,18,21)/t10-,12+/m0/s1. The molecule has 0 saturated carbocycles. The zero-order valence-electron chi connectivity index (χ0n) is 12.4. The quantitative estimate of drug-likeness (QED) is 0.502. The third-order valence-corrected chi connectivity index (χ3v) is 3.55. The largest absolute Gasteiger partial charge is 0.368 e. The van der Waals surface area contributed by atoms with Crippen molar-refractivity contribution in [2.75, 3.05) is 12.3 Å². The lowest BCUT2D eigenvalue weighted by Crippen LogP contribution is -2.48. The van der Waals surface area contributed by atoms with Crippen LogP contribution in [0.25, 0.3) is 0 Å².